The van der Waals surface area contributed by atoms with E-state index in [1.54, 1.807) is 0 Å². The summed E-state index contributed by atoms with van der Waals surface area (Å²) in [6.07, 6.45) is 0.682. The van der Waals surface area contributed by atoms with E-state index < -0.39 is 0 Å². The van der Waals surface area contributed by atoms with Gasteiger partial charge in [-0.25, -0.2) is 4.98 Å². The first-order chi connectivity index (χ1) is 11.8. The monoisotopic (exact) mass is 335 g/mol. The molecule has 1 aliphatic heterocycles. The van der Waals surface area contributed by atoms with Gasteiger partial charge in [0.1, 0.15) is 5.52 Å². The standard InChI is InChI=1S/C20H22BNO3/c1-19(2)20(3,4)25-21(24-19)15-10-11-17-16(13-15)22-18(23-17)12-14-8-6-5-7-9-14/h5-11,13H,12H2,1-4H3. The van der Waals surface area contributed by atoms with Crippen LogP contribution in [0.5, 0.6) is 0 Å². The van der Waals surface area contributed by atoms with Crippen LogP contribution in [0.4, 0.5) is 0 Å². The van der Waals surface area contributed by atoms with Crippen molar-refractivity contribution in [3.8, 4) is 0 Å². The van der Waals surface area contributed by atoms with Crippen LogP contribution < -0.4 is 5.46 Å². The van der Waals surface area contributed by atoms with E-state index in [0.29, 0.717) is 12.3 Å². The smallest absolute Gasteiger partial charge is 0.440 e. The van der Waals surface area contributed by atoms with Gasteiger partial charge in [0.25, 0.3) is 0 Å². The summed E-state index contributed by atoms with van der Waals surface area (Å²) >= 11 is 0. The van der Waals surface area contributed by atoms with Gasteiger partial charge in [0, 0.05) is 6.42 Å². The average Bonchev–Trinajstić information content (AvgIpc) is 3.04. The summed E-state index contributed by atoms with van der Waals surface area (Å²) in [5, 5.41) is 0. The van der Waals surface area contributed by atoms with E-state index in [4.69, 9.17) is 13.7 Å². The van der Waals surface area contributed by atoms with E-state index in [9.17, 15) is 0 Å². The molecule has 0 N–H and O–H groups in total. The lowest BCUT2D eigenvalue weighted by Gasteiger charge is -2.32. The zero-order valence-corrected chi connectivity index (χ0v) is 15.1. The van der Waals surface area contributed by atoms with Gasteiger partial charge in [-0.3, -0.25) is 0 Å². The lowest BCUT2D eigenvalue weighted by Crippen LogP contribution is -2.41. The van der Waals surface area contributed by atoms with E-state index in [0.717, 1.165) is 16.6 Å². The zero-order valence-electron chi connectivity index (χ0n) is 15.1. The summed E-state index contributed by atoms with van der Waals surface area (Å²) in [7, 11) is -0.385. The summed E-state index contributed by atoms with van der Waals surface area (Å²) in [6, 6.07) is 16.1. The van der Waals surface area contributed by atoms with Gasteiger partial charge in [-0.2, -0.15) is 0 Å². The molecule has 128 valence electrons. The normalized spacial score (nSPS) is 18.8. The highest BCUT2D eigenvalue weighted by molar-refractivity contribution is 6.62. The fraction of sp³-hybridized carbons (Fsp3) is 0.350. The highest BCUT2D eigenvalue weighted by Crippen LogP contribution is 2.36. The number of hydrogen-bond donors (Lipinski definition) is 0. The maximum Gasteiger partial charge on any atom is 0.494 e. The summed E-state index contributed by atoms with van der Waals surface area (Å²) in [5.74, 6) is 0.715. The van der Waals surface area contributed by atoms with Crippen LogP contribution in [0.15, 0.2) is 52.9 Å². The SMILES string of the molecule is CC1(C)OB(c2ccc3oc(Cc4ccccc4)nc3c2)OC1(C)C. The maximum atomic E-state index is 6.12. The minimum absolute atomic E-state index is 0.352. The van der Waals surface area contributed by atoms with Gasteiger partial charge in [0.15, 0.2) is 11.5 Å². The molecular weight excluding hydrogens is 313 g/mol. The third-order valence-corrected chi connectivity index (χ3v) is 5.18. The number of oxazole rings is 1. The molecule has 0 radical (unpaired) electrons. The summed E-state index contributed by atoms with van der Waals surface area (Å²) < 4.78 is 18.1. The van der Waals surface area contributed by atoms with Crippen molar-refractivity contribution >= 4 is 23.7 Å². The number of nitrogens with zero attached hydrogens (tertiary/aromatic N) is 1. The minimum atomic E-state index is -0.385. The number of benzene rings is 2. The van der Waals surface area contributed by atoms with Gasteiger partial charge in [-0.15, -0.1) is 0 Å². The fourth-order valence-corrected chi connectivity index (χ4v) is 2.96. The Morgan fingerprint density at radius 2 is 1.60 bits per heavy atom. The summed E-state index contributed by atoms with van der Waals surface area (Å²) in [6.45, 7) is 8.22. The van der Waals surface area contributed by atoms with Crippen molar-refractivity contribution < 1.29 is 13.7 Å². The van der Waals surface area contributed by atoms with Crippen molar-refractivity contribution in [1.29, 1.82) is 0 Å². The van der Waals surface area contributed by atoms with Crippen LogP contribution in [0.2, 0.25) is 0 Å². The van der Waals surface area contributed by atoms with E-state index in [1.165, 1.54) is 5.56 Å². The van der Waals surface area contributed by atoms with Gasteiger partial charge < -0.3 is 13.7 Å². The molecule has 4 nitrogen and oxygen atoms in total. The highest BCUT2D eigenvalue weighted by atomic mass is 16.7. The van der Waals surface area contributed by atoms with Crippen LogP contribution in [-0.4, -0.2) is 23.3 Å². The van der Waals surface area contributed by atoms with Crippen LogP contribution in [0.3, 0.4) is 0 Å². The Kier molecular flexibility index (Phi) is 3.74. The predicted molar refractivity (Wildman–Crippen MR) is 99.0 cm³/mol. The van der Waals surface area contributed by atoms with Crippen LogP contribution in [0, 0.1) is 0 Å². The van der Waals surface area contributed by atoms with Crippen LogP contribution in [0.25, 0.3) is 11.1 Å². The molecule has 0 spiro atoms. The van der Waals surface area contributed by atoms with Gasteiger partial charge >= 0.3 is 7.12 Å². The van der Waals surface area contributed by atoms with Crippen molar-refractivity contribution in [3.63, 3.8) is 0 Å². The molecule has 0 unspecified atom stereocenters. The van der Waals surface area contributed by atoms with Crippen molar-refractivity contribution in [3.05, 3.63) is 60.0 Å². The molecule has 0 atom stereocenters. The summed E-state index contributed by atoms with van der Waals surface area (Å²) in [5.41, 5.74) is 3.06. The predicted octanol–water partition coefficient (Wildman–Crippen LogP) is 3.72. The lowest BCUT2D eigenvalue weighted by molar-refractivity contribution is 0.00578. The molecule has 0 bridgehead atoms. The Balaban J connectivity index is 1.61. The molecule has 0 aliphatic carbocycles. The first kappa shape index (κ1) is 16.4. The molecule has 0 saturated carbocycles. The third-order valence-electron chi connectivity index (χ3n) is 5.18. The molecule has 3 aromatic rings. The maximum absolute atomic E-state index is 6.12. The zero-order chi connectivity index (χ0) is 17.7. The van der Waals surface area contributed by atoms with Crippen LogP contribution in [0.1, 0.15) is 39.1 Å². The number of aromatic nitrogens is 1. The Morgan fingerprint density at radius 1 is 0.920 bits per heavy atom. The van der Waals surface area contributed by atoms with E-state index in [2.05, 4.69) is 44.8 Å². The lowest BCUT2D eigenvalue weighted by atomic mass is 9.79. The van der Waals surface area contributed by atoms with E-state index >= 15 is 0 Å². The molecule has 2 aromatic carbocycles. The molecular formula is C20H22BNO3. The number of hydrogen-bond acceptors (Lipinski definition) is 4. The van der Waals surface area contributed by atoms with Gasteiger partial charge in [-0.1, -0.05) is 36.4 Å². The molecule has 5 heteroatoms. The molecule has 1 fully saturated rings. The molecule has 2 heterocycles. The van der Waals surface area contributed by atoms with E-state index in [1.807, 2.05) is 36.4 Å². The first-order valence-corrected chi connectivity index (χ1v) is 8.63. The van der Waals surface area contributed by atoms with Gasteiger partial charge in [0.2, 0.25) is 0 Å². The molecule has 0 amide bonds. The third kappa shape index (κ3) is 2.98. The molecule has 1 saturated heterocycles. The van der Waals surface area contributed by atoms with Gasteiger partial charge in [-0.05, 0) is 50.9 Å². The molecule has 1 aromatic heterocycles. The second-order valence-electron chi connectivity index (χ2n) is 7.59. The Hall–Kier alpha value is -2.11. The fourth-order valence-electron chi connectivity index (χ4n) is 2.96. The molecule has 25 heavy (non-hydrogen) atoms. The minimum Gasteiger partial charge on any atom is -0.440 e. The quantitative estimate of drug-likeness (QED) is 0.685. The van der Waals surface area contributed by atoms with Crippen molar-refractivity contribution in [2.45, 2.75) is 45.3 Å². The number of fused-ring (bicyclic) bond motifs is 1. The van der Waals surface area contributed by atoms with E-state index in [-0.39, 0.29) is 18.3 Å². The second kappa shape index (κ2) is 5.72. The summed E-state index contributed by atoms with van der Waals surface area (Å²) in [4.78, 5) is 4.63. The number of rotatable bonds is 3. The van der Waals surface area contributed by atoms with Crippen molar-refractivity contribution in [2.24, 2.45) is 0 Å². The first-order valence-electron chi connectivity index (χ1n) is 8.63. The van der Waals surface area contributed by atoms with Crippen molar-refractivity contribution in [2.75, 3.05) is 0 Å². The molecule has 1 aliphatic rings. The van der Waals surface area contributed by atoms with Crippen molar-refractivity contribution in [1.82, 2.24) is 4.98 Å². The highest BCUT2D eigenvalue weighted by Gasteiger charge is 2.51. The topological polar surface area (TPSA) is 44.5 Å². The largest absolute Gasteiger partial charge is 0.494 e. The average molecular weight is 335 g/mol. The molecule has 4 rings (SSSR count). The second-order valence-corrected chi connectivity index (χ2v) is 7.59. The Labute approximate surface area is 148 Å². The Morgan fingerprint density at radius 3 is 2.28 bits per heavy atom. The van der Waals surface area contributed by atoms with Gasteiger partial charge in [0.05, 0.1) is 11.2 Å². The van der Waals surface area contributed by atoms with Crippen LogP contribution in [-0.2, 0) is 15.7 Å². The van der Waals surface area contributed by atoms with Crippen LogP contribution >= 0.6 is 0 Å². The Bertz CT molecular complexity index is 886.